The molecule has 0 radical (unpaired) electrons. The van der Waals surface area contributed by atoms with E-state index in [0.717, 1.165) is 10.9 Å². The number of pyridine rings is 1. The zero-order valence-electron chi connectivity index (χ0n) is 20.2. The minimum absolute atomic E-state index is 0.0655. The minimum atomic E-state index is -0.727. The van der Waals surface area contributed by atoms with Crippen LogP contribution in [0.5, 0.6) is 0 Å². The second kappa shape index (κ2) is 9.09. The summed E-state index contributed by atoms with van der Waals surface area (Å²) in [5.74, 6) is -0.688. The molecule has 8 nitrogen and oxygen atoms in total. The van der Waals surface area contributed by atoms with Gasteiger partial charge in [0.25, 0.3) is 11.8 Å². The zero-order chi connectivity index (χ0) is 25.8. The maximum absolute atomic E-state index is 13.7. The second-order valence-corrected chi connectivity index (χ2v) is 11.3. The molecule has 5 rings (SSSR count). The molecule has 188 valence electrons. The van der Waals surface area contributed by atoms with Gasteiger partial charge in [-0.1, -0.05) is 62.2 Å². The van der Waals surface area contributed by atoms with E-state index in [9.17, 15) is 14.4 Å². The summed E-state index contributed by atoms with van der Waals surface area (Å²) >= 11 is 12.0. The van der Waals surface area contributed by atoms with E-state index in [1.165, 1.54) is 6.07 Å². The summed E-state index contributed by atoms with van der Waals surface area (Å²) in [7, 11) is 0. The topological polar surface area (TPSA) is 98.4 Å². The van der Waals surface area contributed by atoms with Gasteiger partial charge >= 0.3 is 0 Å². The van der Waals surface area contributed by atoms with E-state index in [0.29, 0.717) is 30.8 Å². The van der Waals surface area contributed by atoms with Gasteiger partial charge in [-0.05, 0) is 36.1 Å². The number of hydrogen-bond acceptors (Lipinski definition) is 4. The van der Waals surface area contributed by atoms with E-state index in [-0.39, 0.29) is 40.1 Å². The van der Waals surface area contributed by atoms with Gasteiger partial charge in [0, 0.05) is 24.0 Å². The van der Waals surface area contributed by atoms with E-state index in [2.05, 4.69) is 15.3 Å². The molecule has 10 heteroatoms. The molecule has 0 unspecified atom stereocenters. The molecule has 3 aromatic rings. The van der Waals surface area contributed by atoms with Crippen molar-refractivity contribution in [2.24, 2.45) is 5.41 Å². The Morgan fingerprint density at radius 3 is 2.39 bits per heavy atom. The van der Waals surface area contributed by atoms with Crippen molar-refractivity contribution in [1.82, 2.24) is 25.1 Å². The number of benzene rings is 1. The first-order chi connectivity index (χ1) is 17.0. The van der Waals surface area contributed by atoms with Crippen LogP contribution in [0.15, 0.2) is 42.5 Å². The normalized spacial score (nSPS) is 20.1. The SMILES string of the molecule is CC(C)(C)[C@H](NC(=O)c1cc2ccccc2[nH]1)C(=O)N1C[C@@H]2C[C@H]1CN2C(=O)c1ccc(Cl)nc1Cl. The smallest absolute Gasteiger partial charge is 0.268 e. The summed E-state index contributed by atoms with van der Waals surface area (Å²) in [5, 5.41) is 4.18. The summed E-state index contributed by atoms with van der Waals surface area (Å²) in [6.45, 7) is 6.60. The number of hydrogen-bond donors (Lipinski definition) is 2. The van der Waals surface area contributed by atoms with E-state index in [4.69, 9.17) is 23.2 Å². The number of nitrogens with zero attached hydrogens (tertiary/aromatic N) is 3. The van der Waals surface area contributed by atoms with Crippen molar-refractivity contribution in [3.8, 4) is 0 Å². The number of nitrogens with one attached hydrogen (secondary N) is 2. The first-order valence-corrected chi connectivity index (χ1v) is 12.6. The van der Waals surface area contributed by atoms with Crippen molar-refractivity contribution >= 4 is 51.8 Å². The van der Waals surface area contributed by atoms with Gasteiger partial charge in [0.15, 0.2) is 0 Å². The average molecular weight is 528 g/mol. The number of piperazine rings is 1. The monoisotopic (exact) mass is 527 g/mol. The molecule has 2 fully saturated rings. The summed E-state index contributed by atoms with van der Waals surface area (Å²) in [6, 6.07) is 11.6. The van der Waals surface area contributed by atoms with E-state index in [1.54, 1.807) is 21.9 Å². The number of carbonyl (C=O) groups excluding carboxylic acids is 3. The number of aromatic nitrogens is 2. The Balaban J connectivity index is 1.30. The average Bonchev–Trinajstić information content (AvgIpc) is 3.54. The van der Waals surface area contributed by atoms with Gasteiger partial charge in [0.1, 0.15) is 22.0 Å². The van der Waals surface area contributed by atoms with Gasteiger partial charge in [-0.25, -0.2) is 4.98 Å². The lowest BCUT2D eigenvalue weighted by Crippen LogP contribution is -2.59. The van der Waals surface area contributed by atoms with Gasteiger partial charge in [-0.2, -0.15) is 0 Å². The van der Waals surface area contributed by atoms with Crippen LogP contribution in [-0.4, -0.2) is 68.7 Å². The van der Waals surface area contributed by atoms with Gasteiger partial charge in [0.05, 0.1) is 17.6 Å². The van der Waals surface area contributed by atoms with Crippen molar-refractivity contribution in [2.45, 2.75) is 45.3 Å². The Morgan fingerprint density at radius 2 is 1.75 bits per heavy atom. The standard InChI is InChI=1S/C26H27Cl2N5O3/c1-26(2,3)21(31-23(34)19-10-14-6-4-5-7-18(14)29-19)25(36)33-13-15-11-16(33)12-32(15)24(35)17-8-9-20(27)30-22(17)28/h4-10,15-16,21,29H,11-13H2,1-3H3,(H,31,34)/t15-,16-,21+/m0/s1. The van der Waals surface area contributed by atoms with Crippen LogP contribution in [0, 0.1) is 5.41 Å². The third kappa shape index (κ3) is 4.44. The fraction of sp³-hybridized carbons (Fsp3) is 0.385. The molecule has 2 aliphatic heterocycles. The molecule has 3 amide bonds. The van der Waals surface area contributed by atoms with Crippen LogP contribution in [0.3, 0.4) is 0 Å². The van der Waals surface area contributed by atoms with Crippen molar-refractivity contribution in [3.63, 3.8) is 0 Å². The highest BCUT2D eigenvalue weighted by Gasteiger charge is 2.50. The van der Waals surface area contributed by atoms with Crippen molar-refractivity contribution in [3.05, 3.63) is 64.0 Å². The molecule has 2 bridgehead atoms. The molecular formula is C26H27Cl2N5O3. The Hall–Kier alpha value is -3.10. The lowest BCUT2D eigenvalue weighted by Gasteiger charge is -2.39. The molecule has 36 heavy (non-hydrogen) atoms. The molecule has 1 aromatic carbocycles. The van der Waals surface area contributed by atoms with Gasteiger partial charge in [-0.3, -0.25) is 14.4 Å². The molecule has 2 saturated heterocycles. The fourth-order valence-electron chi connectivity index (χ4n) is 5.13. The van der Waals surface area contributed by atoms with E-state index in [1.807, 2.05) is 45.0 Å². The molecule has 2 aliphatic rings. The minimum Gasteiger partial charge on any atom is -0.351 e. The van der Waals surface area contributed by atoms with Crippen LogP contribution in [0.4, 0.5) is 0 Å². The molecular weight excluding hydrogens is 501 g/mol. The van der Waals surface area contributed by atoms with E-state index < -0.39 is 11.5 Å². The summed E-state index contributed by atoms with van der Waals surface area (Å²) in [4.78, 5) is 50.6. The third-order valence-electron chi connectivity index (χ3n) is 6.99. The second-order valence-electron chi connectivity index (χ2n) is 10.5. The molecule has 0 saturated carbocycles. The van der Waals surface area contributed by atoms with Crippen molar-refractivity contribution in [2.75, 3.05) is 13.1 Å². The maximum atomic E-state index is 13.7. The molecule has 2 aromatic heterocycles. The molecule has 4 heterocycles. The highest BCUT2D eigenvalue weighted by Crippen LogP contribution is 2.35. The molecule has 2 N–H and O–H groups in total. The van der Waals surface area contributed by atoms with Crippen LogP contribution in [0.1, 0.15) is 48.0 Å². The predicted molar refractivity (Wildman–Crippen MR) is 138 cm³/mol. The number of rotatable bonds is 4. The number of H-pyrrole nitrogens is 1. The highest BCUT2D eigenvalue weighted by molar-refractivity contribution is 6.34. The zero-order valence-corrected chi connectivity index (χ0v) is 21.7. The lowest BCUT2D eigenvalue weighted by molar-refractivity contribution is -0.138. The number of likely N-dealkylation sites (tertiary alicyclic amines) is 2. The summed E-state index contributed by atoms with van der Waals surface area (Å²) in [6.07, 6.45) is 0.683. The molecule has 0 spiro atoms. The first-order valence-electron chi connectivity index (χ1n) is 11.8. The maximum Gasteiger partial charge on any atom is 0.268 e. The largest absolute Gasteiger partial charge is 0.351 e. The predicted octanol–water partition coefficient (Wildman–Crippen LogP) is 4.14. The number of para-hydroxylation sites is 1. The summed E-state index contributed by atoms with van der Waals surface area (Å²) < 4.78 is 0. The Bertz CT molecular complexity index is 1330. The summed E-state index contributed by atoms with van der Waals surface area (Å²) in [5.41, 5.74) is 1.05. The Labute approximate surface area is 218 Å². The fourth-order valence-corrected chi connectivity index (χ4v) is 5.56. The van der Waals surface area contributed by atoms with Gasteiger partial charge < -0.3 is 20.1 Å². The van der Waals surface area contributed by atoms with Crippen LogP contribution in [0.2, 0.25) is 10.3 Å². The quantitative estimate of drug-likeness (QED) is 0.498. The lowest BCUT2D eigenvalue weighted by atomic mass is 9.85. The Morgan fingerprint density at radius 1 is 1.06 bits per heavy atom. The third-order valence-corrected chi connectivity index (χ3v) is 7.49. The van der Waals surface area contributed by atoms with Crippen LogP contribution in [-0.2, 0) is 4.79 Å². The van der Waals surface area contributed by atoms with Crippen LogP contribution < -0.4 is 5.32 Å². The highest BCUT2D eigenvalue weighted by atomic mass is 35.5. The van der Waals surface area contributed by atoms with Crippen LogP contribution >= 0.6 is 23.2 Å². The first kappa shape index (κ1) is 24.6. The molecule has 3 atom stereocenters. The Kier molecular flexibility index (Phi) is 6.21. The number of amides is 3. The molecule has 0 aliphatic carbocycles. The van der Waals surface area contributed by atoms with Crippen molar-refractivity contribution in [1.29, 1.82) is 0 Å². The number of fused-ring (bicyclic) bond motifs is 3. The van der Waals surface area contributed by atoms with Gasteiger partial charge in [-0.15, -0.1) is 0 Å². The van der Waals surface area contributed by atoms with Crippen LogP contribution in [0.25, 0.3) is 10.9 Å². The van der Waals surface area contributed by atoms with Gasteiger partial charge in [0.2, 0.25) is 5.91 Å². The number of halogens is 2. The number of carbonyl (C=O) groups is 3. The van der Waals surface area contributed by atoms with E-state index >= 15 is 0 Å². The van der Waals surface area contributed by atoms with Crippen molar-refractivity contribution < 1.29 is 14.4 Å². The number of aromatic amines is 1.